The average Bonchev–Trinajstić information content (AvgIpc) is 3.22. The van der Waals surface area contributed by atoms with E-state index in [0.29, 0.717) is 19.3 Å². The van der Waals surface area contributed by atoms with Crippen molar-refractivity contribution in [3.8, 4) is 0 Å². The minimum absolute atomic E-state index is 0.0531. The van der Waals surface area contributed by atoms with Gasteiger partial charge in [-0.1, -0.05) is 170 Å². The van der Waals surface area contributed by atoms with Crippen molar-refractivity contribution in [2.24, 2.45) is 0 Å². The number of likely N-dealkylation sites (N-methyl/N-ethyl adjacent to an activating group) is 1. The molecule has 0 aliphatic carbocycles. The Balaban J connectivity index is 4.28. The molecule has 8 heteroatoms. The van der Waals surface area contributed by atoms with Gasteiger partial charge in [-0.3, -0.25) is 9.59 Å². The molecule has 0 aromatic heterocycles. The summed E-state index contributed by atoms with van der Waals surface area (Å²) in [5.74, 6) is -1.49. The van der Waals surface area contributed by atoms with Gasteiger partial charge in [0.2, 0.25) is 0 Å². The van der Waals surface area contributed by atoms with Crippen LogP contribution in [0.15, 0.2) is 72.9 Å². The van der Waals surface area contributed by atoms with Gasteiger partial charge in [0.25, 0.3) is 0 Å². The van der Waals surface area contributed by atoms with Gasteiger partial charge >= 0.3 is 17.9 Å². The average molecular weight is 855 g/mol. The van der Waals surface area contributed by atoms with Crippen molar-refractivity contribution in [2.45, 2.75) is 206 Å². The molecule has 0 rings (SSSR count). The zero-order valence-electron chi connectivity index (χ0n) is 39.8. The molecule has 0 fully saturated rings. The summed E-state index contributed by atoms with van der Waals surface area (Å²) in [4.78, 5) is 37.1. The Hall–Kier alpha value is -3.23. The van der Waals surface area contributed by atoms with Crippen molar-refractivity contribution in [3.63, 3.8) is 0 Å². The smallest absolute Gasteiger partial charge is 0.362 e. The Bertz CT molecular complexity index is 1230. The maximum absolute atomic E-state index is 12.8. The second-order valence-corrected chi connectivity index (χ2v) is 17.3. The molecule has 0 saturated heterocycles. The molecule has 1 N–H and O–H groups in total. The van der Waals surface area contributed by atoms with Crippen molar-refractivity contribution in [1.82, 2.24) is 0 Å². The monoisotopic (exact) mass is 855 g/mol. The standard InChI is InChI=1S/C53H91NO7/c1-6-8-10-12-14-16-18-20-22-24-25-26-27-28-30-32-34-36-38-40-42-44-52(56)61-49(47-59-46-45-50(53(57)58)54(3,4)5)48-60-51(55)43-41-39-37-35-33-31-29-23-21-19-17-15-13-11-9-7-2/h8-11,14-17,20-23,49-50H,6-7,12-13,18-19,24-48H2,1-5H3/p+1/b10-8+,11-9+,16-14+,17-15+,22-20+,23-21+. The van der Waals surface area contributed by atoms with E-state index in [4.69, 9.17) is 14.2 Å². The van der Waals surface area contributed by atoms with Crippen LogP contribution in [-0.4, -0.2) is 80.6 Å². The van der Waals surface area contributed by atoms with Crippen LogP contribution >= 0.6 is 0 Å². The number of allylic oxidation sites excluding steroid dienone is 12. The van der Waals surface area contributed by atoms with Crippen LogP contribution in [0.2, 0.25) is 0 Å². The van der Waals surface area contributed by atoms with Crippen LogP contribution in [-0.2, 0) is 28.6 Å². The molecule has 2 unspecified atom stereocenters. The second-order valence-electron chi connectivity index (χ2n) is 17.3. The van der Waals surface area contributed by atoms with Gasteiger partial charge in [-0.25, -0.2) is 4.79 Å². The van der Waals surface area contributed by atoms with Gasteiger partial charge in [0.05, 0.1) is 34.4 Å². The third-order valence-electron chi connectivity index (χ3n) is 10.6. The van der Waals surface area contributed by atoms with Gasteiger partial charge in [-0.2, -0.15) is 0 Å². The van der Waals surface area contributed by atoms with Crippen molar-refractivity contribution in [1.29, 1.82) is 0 Å². The van der Waals surface area contributed by atoms with Crippen molar-refractivity contribution in [2.75, 3.05) is 41.0 Å². The van der Waals surface area contributed by atoms with E-state index >= 15 is 0 Å². The van der Waals surface area contributed by atoms with E-state index in [9.17, 15) is 19.5 Å². The summed E-state index contributed by atoms with van der Waals surface area (Å²) in [7, 11) is 5.52. The molecule has 61 heavy (non-hydrogen) atoms. The summed E-state index contributed by atoms with van der Waals surface area (Å²) in [5.41, 5.74) is 0. The Morgan fingerprint density at radius 1 is 0.492 bits per heavy atom. The fourth-order valence-electron chi connectivity index (χ4n) is 6.89. The van der Waals surface area contributed by atoms with Crippen LogP contribution in [0.3, 0.4) is 0 Å². The molecule has 0 aromatic carbocycles. The van der Waals surface area contributed by atoms with E-state index in [1.54, 1.807) is 0 Å². The molecule has 2 atom stereocenters. The van der Waals surface area contributed by atoms with Gasteiger partial charge < -0.3 is 23.8 Å². The SMILES string of the molecule is CC/C=C/C/C=C/C/C=C/CCCCCCCCCCCCCC(=O)OC(COCCC(C(=O)O)[N+](C)(C)C)COC(=O)CCCCCCCC/C=C/C/C=C/C/C=C/CC. The van der Waals surface area contributed by atoms with E-state index in [-0.39, 0.29) is 36.2 Å². The quantitative estimate of drug-likeness (QED) is 0.0282. The highest BCUT2D eigenvalue weighted by molar-refractivity contribution is 5.72. The number of nitrogens with zero attached hydrogens (tertiary/aromatic N) is 1. The van der Waals surface area contributed by atoms with Crippen LogP contribution < -0.4 is 0 Å². The first-order valence-electron chi connectivity index (χ1n) is 24.5. The van der Waals surface area contributed by atoms with Gasteiger partial charge in [-0.05, 0) is 77.0 Å². The van der Waals surface area contributed by atoms with Crippen molar-refractivity contribution in [3.05, 3.63) is 72.9 Å². The topological polar surface area (TPSA) is 99.1 Å². The molecular formula is C53H92NO7+. The number of esters is 2. The highest BCUT2D eigenvalue weighted by Gasteiger charge is 2.31. The summed E-state index contributed by atoms with van der Waals surface area (Å²) < 4.78 is 17.3. The number of carboxylic acid groups (broad SMARTS) is 1. The Kier molecular flexibility index (Phi) is 41.1. The molecular weight excluding hydrogens is 763 g/mol. The first kappa shape index (κ1) is 57.8. The van der Waals surface area contributed by atoms with Crippen molar-refractivity contribution >= 4 is 17.9 Å². The largest absolute Gasteiger partial charge is 0.477 e. The molecule has 0 amide bonds. The molecule has 350 valence electrons. The maximum Gasteiger partial charge on any atom is 0.362 e. The second kappa shape index (κ2) is 43.4. The van der Waals surface area contributed by atoms with E-state index in [1.165, 1.54) is 70.6 Å². The van der Waals surface area contributed by atoms with E-state index in [0.717, 1.165) is 89.9 Å². The summed E-state index contributed by atoms with van der Waals surface area (Å²) in [6, 6.07) is -0.620. The Morgan fingerprint density at radius 3 is 1.28 bits per heavy atom. The minimum Gasteiger partial charge on any atom is -0.477 e. The van der Waals surface area contributed by atoms with E-state index in [2.05, 4.69) is 86.8 Å². The van der Waals surface area contributed by atoms with Gasteiger partial charge in [-0.15, -0.1) is 0 Å². The lowest BCUT2D eigenvalue weighted by atomic mass is 10.0. The summed E-state index contributed by atoms with van der Waals surface area (Å²) in [5, 5.41) is 9.64. The summed E-state index contributed by atoms with van der Waals surface area (Å²) in [6.45, 7) is 4.50. The van der Waals surface area contributed by atoms with E-state index in [1.807, 2.05) is 21.1 Å². The molecule has 0 heterocycles. The van der Waals surface area contributed by atoms with Crippen molar-refractivity contribution < 1.29 is 38.2 Å². The molecule has 0 aliphatic heterocycles. The molecule has 0 spiro atoms. The highest BCUT2D eigenvalue weighted by atomic mass is 16.6. The molecule has 0 aromatic rings. The van der Waals surface area contributed by atoms with Crippen LogP contribution in [0.25, 0.3) is 0 Å². The molecule has 0 aliphatic rings. The lowest BCUT2D eigenvalue weighted by molar-refractivity contribution is -0.887. The lowest BCUT2D eigenvalue weighted by Gasteiger charge is -2.31. The number of rotatable bonds is 43. The van der Waals surface area contributed by atoms with Gasteiger partial charge in [0.1, 0.15) is 6.61 Å². The molecule has 0 bridgehead atoms. The Morgan fingerprint density at radius 2 is 0.869 bits per heavy atom. The van der Waals surface area contributed by atoms with E-state index < -0.39 is 18.1 Å². The number of carboxylic acids is 1. The zero-order valence-corrected chi connectivity index (χ0v) is 39.8. The molecule has 0 saturated carbocycles. The summed E-state index contributed by atoms with van der Waals surface area (Å²) >= 11 is 0. The highest BCUT2D eigenvalue weighted by Crippen LogP contribution is 2.15. The van der Waals surface area contributed by atoms with Crippen LogP contribution in [0, 0.1) is 0 Å². The number of hydrogen-bond acceptors (Lipinski definition) is 6. The maximum atomic E-state index is 12.8. The first-order valence-corrected chi connectivity index (χ1v) is 24.5. The minimum atomic E-state index is -0.879. The van der Waals surface area contributed by atoms with Crippen LogP contribution in [0.4, 0.5) is 0 Å². The fraction of sp³-hybridized carbons (Fsp3) is 0.717. The molecule has 8 nitrogen and oxygen atoms in total. The number of aliphatic carboxylic acids is 1. The normalized spacial score (nSPS) is 13.5. The predicted molar refractivity (Wildman–Crippen MR) is 257 cm³/mol. The number of carbonyl (C=O) groups excluding carboxylic acids is 2. The third-order valence-corrected chi connectivity index (χ3v) is 10.6. The number of ether oxygens (including phenoxy) is 3. The van der Waals surface area contributed by atoms with Crippen LogP contribution in [0.1, 0.15) is 194 Å². The Labute approximate surface area is 374 Å². The van der Waals surface area contributed by atoms with Gasteiger partial charge in [0.15, 0.2) is 12.1 Å². The summed E-state index contributed by atoms with van der Waals surface area (Å²) in [6.07, 6.45) is 55.2. The number of unbranched alkanes of at least 4 members (excludes halogenated alkanes) is 17. The first-order chi connectivity index (χ1) is 29.6. The fourth-order valence-corrected chi connectivity index (χ4v) is 6.89. The lowest BCUT2D eigenvalue weighted by Crippen LogP contribution is -2.50. The zero-order chi connectivity index (χ0) is 44.9. The number of hydrogen-bond donors (Lipinski definition) is 1. The predicted octanol–water partition coefficient (Wildman–Crippen LogP) is 13.9. The third kappa shape index (κ3) is 41.9. The molecule has 0 radical (unpaired) electrons. The number of carbonyl (C=O) groups is 3. The number of quaternary nitrogens is 1. The van der Waals surface area contributed by atoms with Crippen LogP contribution in [0.5, 0.6) is 0 Å². The van der Waals surface area contributed by atoms with Gasteiger partial charge in [0, 0.05) is 19.3 Å².